The Labute approximate surface area is 76.4 Å². The minimum absolute atomic E-state index is 0.0510. The predicted molar refractivity (Wildman–Crippen MR) is 48.1 cm³/mol. The van der Waals surface area contributed by atoms with E-state index in [0.29, 0.717) is 12.3 Å². The van der Waals surface area contributed by atoms with Gasteiger partial charge in [-0.05, 0) is 6.42 Å². The first-order valence-electron chi connectivity index (χ1n) is 4.27. The number of hydrogen-bond donors (Lipinski definition) is 2. The molecule has 0 radical (unpaired) electrons. The zero-order chi connectivity index (χ0) is 9.84. The van der Waals surface area contributed by atoms with Gasteiger partial charge < -0.3 is 11.1 Å². The van der Waals surface area contributed by atoms with Crippen molar-refractivity contribution in [3.8, 4) is 0 Å². The van der Waals surface area contributed by atoms with Gasteiger partial charge in [0.05, 0.1) is 0 Å². The Morgan fingerprint density at radius 1 is 1.62 bits per heavy atom. The molecule has 1 heterocycles. The molecule has 0 bridgehead atoms. The molecule has 1 aliphatic heterocycles. The van der Waals surface area contributed by atoms with Crippen LogP contribution in [0.2, 0.25) is 0 Å². The van der Waals surface area contributed by atoms with E-state index in [0.717, 1.165) is 6.42 Å². The highest BCUT2D eigenvalue weighted by Gasteiger charge is 2.18. The van der Waals surface area contributed by atoms with Crippen molar-refractivity contribution in [3.63, 3.8) is 0 Å². The van der Waals surface area contributed by atoms with Crippen molar-refractivity contribution in [2.24, 2.45) is 10.7 Å². The van der Waals surface area contributed by atoms with E-state index < -0.39 is 0 Å². The average molecular weight is 183 g/mol. The summed E-state index contributed by atoms with van der Waals surface area (Å²) in [6, 6.07) is -0.0510. The second-order valence-corrected chi connectivity index (χ2v) is 3.05. The molecule has 3 N–H and O–H groups in total. The molecule has 0 fully saturated rings. The number of nitrogens with zero attached hydrogens (tertiary/aromatic N) is 1. The Morgan fingerprint density at radius 3 is 2.85 bits per heavy atom. The fraction of sp³-hybridized carbons (Fsp3) is 0.625. The van der Waals surface area contributed by atoms with Crippen molar-refractivity contribution in [1.29, 1.82) is 0 Å². The van der Waals surface area contributed by atoms with Crippen LogP contribution in [0.3, 0.4) is 0 Å². The van der Waals surface area contributed by atoms with Crippen LogP contribution in [0.5, 0.6) is 0 Å². The first-order valence-corrected chi connectivity index (χ1v) is 4.27. The minimum atomic E-state index is -0.387. The van der Waals surface area contributed by atoms with Gasteiger partial charge in [-0.15, -0.1) is 0 Å². The molecule has 2 amide bonds. The summed E-state index contributed by atoms with van der Waals surface area (Å²) >= 11 is 0. The van der Waals surface area contributed by atoms with Crippen molar-refractivity contribution in [3.05, 3.63) is 0 Å². The van der Waals surface area contributed by atoms with Crippen LogP contribution in [0.1, 0.15) is 26.2 Å². The predicted octanol–water partition coefficient (Wildman–Crippen LogP) is -0.441. The fourth-order valence-corrected chi connectivity index (χ4v) is 1.05. The lowest BCUT2D eigenvalue weighted by Gasteiger charge is -2.15. The molecule has 5 nitrogen and oxygen atoms in total. The molecule has 0 saturated carbocycles. The molecule has 1 rings (SSSR count). The van der Waals surface area contributed by atoms with E-state index in [4.69, 9.17) is 5.73 Å². The highest BCUT2D eigenvalue weighted by molar-refractivity contribution is 6.13. The van der Waals surface area contributed by atoms with Gasteiger partial charge in [-0.3, -0.25) is 9.59 Å². The SMILES string of the molecule is CCC(N)CC1=NC(=O)CC(=O)N1. The van der Waals surface area contributed by atoms with Crippen molar-refractivity contribution < 1.29 is 9.59 Å². The van der Waals surface area contributed by atoms with Gasteiger partial charge >= 0.3 is 0 Å². The number of rotatable bonds is 3. The lowest BCUT2D eigenvalue weighted by atomic mass is 10.1. The normalized spacial score (nSPS) is 19.4. The first-order chi connectivity index (χ1) is 6.11. The summed E-state index contributed by atoms with van der Waals surface area (Å²) in [5, 5.41) is 2.52. The van der Waals surface area contributed by atoms with Crippen LogP contribution >= 0.6 is 0 Å². The number of nitrogens with one attached hydrogen (secondary N) is 1. The van der Waals surface area contributed by atoms with E-state index in [1.807, 2.05) is 6.92 Å². The Hall–Kier alpha value is -1.23. The molecule has 1 atom stereocenters. The zero-order valence-electron chi connectivity index (χ0n) is 7.54. The van der Waals surface area contributed by atoms with Crippen LogP contribution in [-0.4, -0.2) is 23.7 Å². The molecule has 1 unspecified atom stereocenters. The number of hydrogen-bond acceptors (Lipinski definition) is 3. The zero-order valence-corrected chi connectivity index (χ0v) is 7.54. The maximum Gasteiger partial charge on any atom is 0.256 e. The molecule has 13 heavy (non-hydrogen) atoms. The molecular weight excluding hydrogens is 170 g/mol. The van der Waals surface area contributed by atoms with E-state index in [1.54, 1.807) is 0 Å². The topological polar surface area (TPSA) is 84.5 Å². The Bertz CT molecular complexity index is 260. The van der Waals surface area contributed by atoms with Crippen LogP contribution < -0.4 is 11.1 Å². The largest absolute Gasteiger partial charge is 0.327 e. The van der Waals surface area contributed by atoms with Gasteiger partial charge in [0.2, 0.25) is 5.91 Å². The molecule has 0 aromatic heterocycles. The summed E-state index contributed by atoms with van der Waals surface area (Å²) in [6.07, 6.45) is 1.10. The summed E-state index contributed by atoms with van der Waals surface area (Å²) in [6.45, 7) is 1.94. The summed E-state index contributed by atoms with van der Waals surface area (Å²) < 4.78 is 0. The van der Waals surface area contributed by atoms with E-state index in [1.165, 1.54) is 0 Å². The number of carbonyl (C=O) groups excluding carboxylic acids is 2. The Balaban J connectivity index is 2.58. The summed E-state index contributed by atoms with van der Waals surface area (Å²) in [5.74, 6) is -0.282. The minimum Gasteiger partial charge on any atom is -0.327 e. The molecule has 0 aliphatic carbocycles. The van der Waals surface area contributed by atoms with Crippen molar-refractivity contribution in [2.45, 2.75) is 32.2 Å². The maximum absolute atomic E-state index is 10.9. The smallest absolute Gasteiger partial charge is 0.256 e. The van der Waals surface area contributed by atoms with E-state index in [9.17, 15) is 9.59 Å². The molecular formula is C8H13N3O2. The fourth-order valence-electron chi connectivity index (χ4n) is 1.05. The monoisotopic (exact) mass is 183 g/mol. The Morgan fingerprint density at radius 2 is 2.31 bits per heavy atom. The van der Waals surface area contributed by atoms with Gasteiger partial charge in [0.25, 0.3) is 5.91 Å². The van der Waals surface area contributed by atoms with Crippen molar-refractivity contribution >= 4 is 17.6 Å². The van der Waals surface area contributed by atoms with Gasteiger partial charge in [-0.1, -0.05) is 6.92 Å². The number of amides is 2. The third-order valence-electron chi connectivity index (χ3n) is 1.84. The summed E-state index contributed by atoms with van der Waals surface area (Å²) in [4.78, 5) is 25.5. The van der Waals surface area contributed by atoms with Crippen LogP contribution in [0.4, 0.5) is 0 Å². The molecule has 0 aromatic rings. The lowest BCUT2D eigenvalue weighted by Crippen LogP contribution is -2.40. The highest BCUT2D eigenvalue weighted by Crippen LogP contribution is 2.01. The number of aliphatic imine (C=N–C) groups is 1. The lowest BCUT2D eigenvalue weighted by molar-refractivity contribution is -0.127. The van der Waals surface area contributed by atoms with Gasteiger partial charge in [-0.2, -0.15) is 4.99 Å². The quantitative estimate of drug-likeness (QED) is 0.581. The average Bonchev–Trinajstić information content (AvgIpc) is 2.02. The maximum atomic E-state index is 10.9. The van der Waals surface area contributed by atoms with Crippen LogP contribution in [0.25, 0.3) is 0 Å². The van der Waals surface area contributed by atoms with Gasteiger partial charge in [0.1, 0.15) is 12.3 Å². The number of nitrogens with two attached hydrogens (primary N) is 1. The van der Waals surface area contributed by atoms with Crippen molar-refractivity contribution in [1.82, 2.24) is 5.32 Å². The molecule has 72 valence electrons. The first kappa shape index (κ1) is 9.85. The summed E-state index contributed by atoms with van der Waals surface area (Å²) in [5.41, 5.74) is 5.65. The molecule has 0 saturated heterocycles. The van der Waals surface area contributed by atoms with Gasteiger partial charge in [0.15, 0.2) is 0 Å². The van der Waals surface area contributed by atoms with E-state index >= 15 is 0 Å². The van der Waals surface area contributed by atoms with E-state index in [2.05, 4.69) is 10.3 Å². The molecule has 0 spiro atoms. The molecule has 1 aliphatic rings. The standard InChI is InChI=1S/C8H13N3O2/c1-2-5(9)3-6-10-7(12)4-8(13)11-6/h5H,2-4,9H2,1H3,(H,10,11,12,13). The van der Waals surface area contributed by atoms with Crippen LogP contribution in [-0.2, 0) is 9.59 Å². The van der Waals surface area contributed by atoms with Crippen molar-refractivity contribution in [2.75, 3.05) is 0 Å². The number of amidine groups is 1. The third-order valence-corrected chi connectivity index (χ3v) is 1.84. The van der Waals surface area contributed by atoms with Gasteiger partial charge in [0, 0.05) is 12.5 Å². The Kier molecular flexibility index (Phi) is 3.13. The number of carbonyl (C=O) groups is 2. The summed E-state index contributed by atoms with van der Waals surface area (Å²) in [7, 11) is 0. The second-order valence-electron chi connectivity index (χ2n) is 3.05. The van der Waals surface area contributed by atoms with Crippen LogP contribution in [0, 0.1) is 0 Å². The van der Waals surface area contributed by atoms with Crippen LogP contribution in [0.15, 0.2) is 4.99 Å². The third kappa shape index (κ3) is 2.95. The second kappa shape index (κ2) is 4.13. The van der Waals surface area contributed by atoms with E-state index in [-0.39, 0.29) is 24.3 Å². The highest BCUT2D eigenvalue weighted by atomic mass is 16.2. The van der Waals surface area contributed by atoms with Gasteiger partial charge in [-0.25, -0.2) is 0 Å². The molecule has 5 heteroatoms. The molecule has 0 aromatic carbocycles.